The summed E-state index contributed by atoms with van der Waals surface area (Å²) in [6, 6.07) is 4.71. The first kappa shape index (κ1) is 25.6. The fraction of sp³-hybridized carbons (Fsp3) is 0.727. The smallest absolute Gasteiger partial charge is 0.348 e. The first-order chi connectivity index (χ1) is 16.2. The van der Waals surface area contributed by atoms with Crippen LogP contribution in [0.4, 0.5) is 18.9 Å². The van der Waals surface area contributed by atoms with Crippen molar-refractivity contribution >= 4 is 37.1 Å². The van der Waals surface area contributed by atoms with Crippen molar-refractivity contribution in [2.75, 3.05) is 16.2 Å². The highest BCUT2D eigenvalue weighted by atomic mass is 35.5. The van der Waals surface area contributed by atoms with E-state index in [2.05, 4.69) is 10.0 Å². The normalized spacial score (nSPS) is 35.1. The van der Waals surface area contributed by atoms with Crippen LogP contribution in [-0.4, -0.2) is 51.5 Å². The van der Waals surface area contributed by atoms with E-state index in [9.17, 15) is 30.0 Å². The number of sulfone groups is 1. The molecule has 0 amide bonds. The number of epoxide rings is 1. The molecule has 35 heavy (non-hydrogen) atoms. The minimum atomic E-state index is -4.19. The predicted octanol–water partition coefficient (Wildman–Crippen LogP) is 4.30. The van der Waals surface area contributed by atoms with Crippen molar-refractivity contribution in [2.45, 2.75) is 80.7 Å². The molecule has 2 atom stereocenters. The van der Waals surface area contributed by atoms with Crippen molar-refractivity contribution in [2.24, 2.45) is 5.41 Å². The lowest BCUT2D eigenvalue weighted by atomic mass is 9.57. The SMILES string of the molecule is O=S1(=O)CCC(S(=O)(=O)Nc2ccc(Cl)cc2C2OC2NC23CCC(C(F)(F)F)(CC2)CC3)CC1. The van der Waals surface area contributed by atoms with Crippen LogP contribution < -0.4 is 10.0 Å². The average Bonchev–Trinajstić information content (AvgIpc) is 3.53. The molecule has 196 valence electrons. The molecule has 3 saturated carbocycles. The first-order valence-corrected chi connectivity index (χ1v) is 15.5. The van der Waals surface area contributed by atoms with Gasteiger partial charge in [-0.2, -0.15) is 13.2 Å². The zero-order valence-electron chi connectivity index (χ0n) is 18.9. The van der Waals surface area contributed by atoms with Crippen molar-refractivity contribution in [3.05, 3.63) is 28.8 Å². The largest absolute Gasteiger partial charge is 0.394 e. The van der Waals surface area contributed by atoms with Gasteiger partial charge in [0.2, 0.25) is 10.0 Å². The van der Waals surface area contributed by atoms with E-state index in [1.165, 1.54) is 0 Å². The third kappa shape index (κ3) is 4.93. The Morgan fingerprint density at radius 3 is 2.20 bits per heavy atom. The highest BCUT2D eigenvalue weighted by Crippen LogP contribution is 2.60. The molecule has 1 aromatic carbocycles. The molecule has 2 aliphatic heterocycles. The summed E-state index contributed by atoms with van der Waals surface area (Å²) in [6.07, 6.45) is -3.53. The van der Waals surface area contributed by atoms with Crippen LogP contribution in [0, 0.1) is 5.41 Å². The highest BCUT2D eigenvalue weighted by Gasteiger charge is 2.62. The molecule has 13 heteroatoms. The Morgan fingerprint density at radius 1 is 1.03 bits per heavy atom. The molecule has 2 bridgehead atoms. The molecular formula is C22H28ClF3N2O5S2. The standard InChI is InChI=1S/C22H28ClF3N2O5S2/c23-14-1-2-17(28-35(31,32)15-3-11-34(29,30)12-4-15)16(13-14)18-19(33-18)27-21-8-5-20(6-9-21,7-10-21)22(24,25)26/h1-2,13,15,18-19,27-28H,3-12H2. The molecule has 0 spiro atoms. The van der Waals surface area contributed by atoms with Gasteiger partial charge in [-0.3, -0.25) is 10.0 Å². The Morgan fingerprint density at radius 2 is 1.63 bits per heavy atom. The van der Waals surface area contributed by atoms with E-state index in [1.54, 1.807) is 18.2 Å². The van der Waals surface area contributed by atoms with Crippen LogP contribution in [0.2, 0.25) is 5.02 Å². The van der Waals surface area contributed by atoms with Gasteiger partial charge in [0.1, 0.15) is 22.2 Å². The van der Waals surface area contributed by atoms with Gasteiger partial charge in [-0.1, -0.05) is 11.6 Å². The van der Waals surface area contributed by atoms with Gasteiger partial charge in [0.15, 0.2) is 0 Å². The number of nitrogens with one attached hydrogen (secondary N) is 2. The number of rotatable bonds is 6. The van der Waals surface area contributed by atoms with Crippen molar-refractivity contribution in [3.63, 3.8) is 0 Å². The molecule has 5 aliphatic rings. The van der Waals surface area contributed by atoms with Gasteiger partial charge < -0.3 is 4.74 Å². The minimum Gasteiger partial charge on any atom is -0.348 e. The van der Waals surface area contributed by atoms with E-state index in [0.717, 1.165) is 0 Å². The van der Waals surface area contributed by atoms with Crippen LogP contribution in [-0.2, 0) is 24.6 Å². The summed E-state index contributed by atoms with van der Waals surface area (Å²) in [4.78, 5) is 0. The molecule has 0 radical (unpaired) electrons. The number of hydrogen-bond acceptors (Lipinski definition) is 6. The summed E-state index contributed by atoms with van der Waals surface area (Å²) in [7, 11) is -7.05. The molecule has 0 aromatic heterocycles. The fourth-order valence-corrected chi connectivity index (χ4v) is 9.35. The lowest BCUT2D eigenvalue weighted by Gasteiger charge is -2.54. The molecule has 2 unspecified atom stereocenters. The molecule has 2 heterocycles. The van der Waals surface area contributed by atoms with Gasteiger partial charge in [0.05, 0.1) is 27.9 Å². The zero-order chi connectivity index (χ0) is 25.3. The zero-order valence-corrected chi connectivity index (χ0v) is 21.3. The summed E-state index contributed by atoms with van der Waals surface area (Å²) in [6.45, 7) is 0. The highest BCUT2D eigenvalue weighted by molar-refractivity contribution is 7.94. The van der Waals surface area contributed by atoms with E-state index in [4.69, 9.17) is 16.3 Å². The van der Waals surface area contributed by atoms with E-state index in [0.29, 0.717) is 35.5 Å². The van der Waals surface area contributed by atoms with Crippen LogP contribution in [0.3, 0.4) is 0 Å². The first-order valence-electron chi connectivity index (χ1n) is 11.7. The van der Waals surface area contributed by atoms with Gasteiger partial charge in [-0.05, 0) is 69.6 Å². The molecule has 1 aromatic rings. The number of fused-ring (bicyclic) bond motifs is 3. The Balaban J connectivity index is 1.27. The van der Waals surface area contributed by atoms with Crippen LogP contribution >= 0.6 is 11.6 Å². The van der Waals surface area contributed by atoms with Crippen LogP contribution in [0.25, 0.3) is 0 Å². The van der Waals surface area contributed by atoms with Crippen molar-refractivity contribution in [1.82, 2.24) is 5.32 Å². The van der Waals surface area contributed by atoms with Gasteiger partial charge in [-0.25, -0.2) is 16.8 Å². The minimum absolute atomic E-state index is 0.0344. The van der Waals surface area contributed by atoms with Crippen molar-refractivity contribution in [1.29, 1.82) is 0 Å². The Kier molecular flexibility index (Phi) is 6.19. The van der Waals surface area contributed by atoms with Gasteiger partial charge in [-0.15, -0.1) is 0 Å². The molecule has 2 N–H and O–H groups in total. The van der Waals surface area contributed by atoms with Gasteiger partial charge >= 0.3 is 6.18 Å². The lowest BCUT2D eigenvalue weighted by molar-refractivity contribution is -0.254. The summed E-state index contributed by atoms with van der Waals surface area (Å²) < 4.78 is 98.4. The summed E-state index contributed by atoms with van der Waals surface area (Å²) in [5.41, 5.74) is -1.15. The third-order valence-electron chi connectivity index (χ3n) is 8.30. The van der Waals surface area contributed by atoms with Crippen LogP contribution in [0.5, 0.6) is 0 Å². The maximum Gasteiger partial charge on any atom is 0.394 e. The van der Waals surface area contributed by atoms with E-state index in [-0.39, 0.29) is 43.6 Å². The Hall–Kier alpha value is -1.08. The third-order valence-corrected chi connectivity index (χ3v) is 12.1. The average molecular weight is 557 g/mol. The topological polar surface area (TPSA) is 105 Å². The van der Waals surface area contributed by atoms with Gasteiger partial charge in [0.25, 0.3) is 0 Å². The Bertz CT molecular complexity index is 1180. The van der Waals surface area contributed by atoms with Gasteiger partial charge in [0, 0.05) is 16.1 Å². The predicted molar refractivity (Wildman–Crippen MR) is 125 cm³/mol. The fourth-order valence-electron chi connectivity index (χ4n) is 5.87. The van der Waals surface area contributed by atoms with E-state index < -0.39 is 54.6 Å². The molecule has 5 fully saturated rings. The van der Waals surface area contributed by atoms with Crippen LogP contribution in [0.15, 0.2) is 18.2 Å². The lowest BCUT2D eigenvalue weighted by Crippen LogP contribution is -2.59. The van der Waals surface area contributed by atoms with Crippen molar-refractivity contribution < 1.29 is 34.7 Å². The number of ether oxygens (including phenoxy) is 1. The molecule has 7 nitrogen and oxygen atoms in total. The number of hydrogen-bond donors (Lipinski definition) is 2. The second-order valence-corrected chi connectivity index (χ2v) is 15.1. The molecule has 6 rings (SSSR count). The second-order valence-electron chi connectivity index (χ2n) is 10.4. The molecule has 3 aliphatic carbocycles. The number of sulfonamides is 1. The monoisotopic (exact) mass is 556 g/mol. The second kappa shape index (κ2) is 8.47. The molecule has 2 saturated heterocycles. The van der Waals surface area contributed by atoms with Crippen molar-refractivity contribution in [3.8, 4) is 0 Å². The summed E-state index contributed by atoms with van der Waals surface area (Å²) in [5, 5.41) is 2.99. The number of alkyl halides is 3. The maximum atomic E-state index is 13.6. The van der Waals surface area contributed by atoms with E-state index in [1.807, 2.05) is 0 Å². The maximum absolute atomic E-state index is 13.6. The Labute approximate surface area is 208 Å². The molecular weight excluding hydrogens is 529 g/mol. The van der Waals surface area contributed by atoms with E-state index >= 15 is 0 Å². The quantitative estimate of drug-likeness (QED) is 0.506. The summed E-state index contributed by atoms with van der Waals surface area (Å²) >= 11 is 6.17. The summed E-state index contributed by atoms with van der Waals surface area (Å²) in [5.74, 6) is -0.330. The number of anilines is 1. The number of halogens is 4. The number of benzene rings is 1. The van der Waals surface area contributed by atoms with Crippen LogP contribution in [0.1, 0.15) is 63.0 Å².